The number of carbonyl (C=O) groups is 3. The molecule has 0 saturated carbocycles. The van der Waals surface area contributed by atoms with Crippen molar-refractivity contribution in [3.05, 3.63) is 111 Å². The van der Waals surface area contributed by atoms with E-state index < -0.39 is 58.2 Å². The van der Waals surface area contributed by atoms with E-state index in [4.69, 9.17) is 0 Å². The van der Waals surface area contributed by atoms with Gasteiger partial charge in [0, 0.05) is 23.9 Å². The lowest BCUT2D eigenvalue weighted by atomic mass is 9.83. The molecular weight excluding hydrogens is 515 g/mol. The van der Waals surface area contributed by atoms with Crippen molar-refractivity contribution in [3.63, 3.8) is 0 Å². The fourth-order valence-corrected chi connectivity index (χ4v) is 5.85. The Kier molecular flexibility index (Phi) is 5.42. The van der Waals surface area contributed by atoms with Crippen LogP contribution in [0.4, 0.5) is 24.5 Å². The summed E-state index contributed by atoms with van der Waals surface area (Å²) >= 11 is 0. The van der Waals surface area contributed by atoms with E-state index in [-0.39, 0.29) is 16.9 Å². The van der Waals surface area contributed by atoms with Crippen molar-refractivity contribution in [1.29, 1.82) is 0 Å². The lowest BCUT2D eigenvalue weighted by Crippen LogP contribution is -2.44. The van der Waals surface area contributed by atoms with E-state index in [1.807, 2.05) is 6.07 Å². The quantitative estimate of drug-likeness (QED) is 0.202. The summed E-state index contributed by atoms with van der Waals surface area (Å²) in [6.45, 7) is 0. The molecule has 6 rings (SSSR count). The Labute approximate surface area is 219 Å². The van der Waals surface area contributed by atoms with Crippen molar-refractivity contribution in [2.75, 3.05) is 4.90 Å². The van der Waals surface area contributed by atoms with Crippen LogP contribution in [0.1, 0.15) is 33.1 Å². The van der Waals surface area contributed by atoms with Crippen LogP contribution in [0.5, 0.6) is 0 Å². The topological polar surface area (TPSA) is 101 Å². The minimum Gasteiger partial charge on any atom is -0.358 e. The molecule has 3 aromatic rings. The molecule has 8 nitrogen and oxygen atoms in total. The van der Waals surface area contributed by atoms with Crippen molar-refractivity contribution in [1.82, 2.24) is 4.90 Å². The molecule has 3 aromatic carbocycles. The van der Waals surface area contributed by atoms with Crippen LogP contribution in [0.3, 0.4) is 0 Å². The number of rotatable bonds is 4. The number of non-ortho nitro benzene ring substituents is 1. The summed E-state index contributed by atoms with van der Waals surface area (Å²) in [4.78, 5) is 54.4. The predicted octanol–water partition coefficient (Wildman–Crippen LogP) is 5.01. The van der Waals surface area contributed by atoms with E-state index in [9.17, 15) is 37.7 Å². The molecule has 0 bridgehead atoms. The maximum Gasteiger partial charge on any atom is 0.416 e. The maximum absolute atomic E-state index is 13.8. The van der Waals surface area contributed by atoms with Gasteiger partial charge in [-0.25, -0.2) is 4.90 Å². The normalized spacial score (nSPS) is 23.5. The average Bonchev–Trinajstić information content (AvgIpc) is 3.40. The van der Waals surface area contributed by atoms with Gasteiger partial charge in [0.25, 0.3) is 5.69 Å². The van der Waals surface area contributed by atoms with Gasteiger partial charge in [0.05, 0.1) is 34.1 Å². The molecule has 2 saturated heterocycles. The van der Waals surface area contributed by atoms with Crippen LogP contribution in [0, 0.1) is 22.0 Å². The Balaban J connectivity index is 1.46. The molecule has 3 aliphatic rings. The average molecular weight is 533 g/mol. The summed E-state index contributed by atoms with van der Waals surface area (Å²) in [5.74, 6) is -4.22. The SMILES string of the molecule is O=C(c1ccc([N+](=O)[O-])cc1)[C@@H]1[C@@H]2C(=O)N(c3cccc(C(F)(F)F)c3)C(=O)[C@@H]2[C@@H]2c3ccccc3C=CN12. The molecule has 0 radical (unpaired) electrons. The van der Waals surface area contributed by atoms with Crippen LogP contribution in [0.25, 0.3) is 6.08 Å². The number of nitrogens with zero attached hydrogens (tertiary/aromatic N) is 3. The molecule has 0 spiro atoms. The summed E-state index contributed by atoms with van der Waals surface area (Å²) in [6.07, 6.45) is -1.27. The fraction of sp³-hybridized carbons (Fsp3) is 0.179. The van der Waals surface area contributed by atoms with Crippen LogP contribution in [-0.2, 0) is 15.8 Å². The second kappa shape index (κ2) is 8.62. The molecule has 196 valence electrons. The van der Waals surface area contributed by atoms with Crippen molar-refractivity contribution < 1.29 is 32.5 Å². The number of nitro benzene ring substituents is 1. The minimum absolute atomic E-state index is 0.107. The lowest BCUT2D eigenvalue weighted by Gasteiger charge is -2.35. The Morgan fingerprint density at radius 1 is 0.897 bits per heavy atom. The predicted molar refractivity (Wildman–Crippen MR) is 132 cm³/mol. The zero-order chi connectivity index (χ0) is 27.6. The third-order valence-corrected chi connectivity index (χ3v) is 7.52. The number of carbonyl (C=O) groups excluding carboxylic acids is 3. The number of benzene rings is 3. The van der Waals surface area contributed by atoms with E-state index in [0.717, 1.165) is 28.7 Å². The van der Waals surface area contributed by atoms with Crippen LogP contribution < -0.4 is 4.90 Å². The second-order valence-electron chi connectivity index (χ2n) is 9.56. The molecule has 11 heteroatoms. The molecule has 4 atom stereocenters. The van der Waals surface area contributed by atoms with Gasteiger partial charge in [-0.3, -0.25) is 24.5 Å². The van der Waals surface area contributed by atoms with Crippen molar-refractivity contribution in [2.45, 2.75) is 18.3 Å². The molecule has 0 aliphatic carbocycles. The van der Waals surface area contributed by atoms with Gasteiger partial charge in [0.15, 0.2) is 5.78 Å². The van der Waals surface area contributed by atoms with Gasteiger partial charge in [-0.1, -0.05) is 30.3 Å². The van der Waals surface area contributed by atoms with E-state index >= 15 is 0 Å². The highest BCUT2D eigenvalue weighted by Crippen LogP contribution is 2.54. The van der Waals surface area contributed by atoms with Gasteiger partial charge in [0.2, 0.25) is 11.8 Å². The first-order chi connectivity index (χ1) is 18.6. The summed E-state index contributed by atoms with van der Waals surface area (Å²) in [6, 6.07) is 14.2. The third-order valence-electron chi connectivity index (χ3n) is 7.52. The van der Waals surface area contributed by atoms with Crippen LogP contribution in [0.2, 0.25) is 0 Å². The smallest absolute Gasteiger partial charge is 0.358 e. The number of amides is 2. The highest BCUT2D eigenvalue weighted by atomic mass is 19.4. The Hall–Kier alpha value is -4.80. The first kappa shape index (κ1) is 24.5. The first-order valence-corrected chi connectivity index (χ1v) is 12.0. The zero-order valence-electron chi connectivity index (χ0n) is 19.9. The largest absolute Gasteiger partial charge is 0.416 e. The van der Waals surface area contributed by atoms with Crippen molar-refractivity contribution in [2.24, 2.45) is 11.8 Å². The highest BCUT2D eigenvalue weighted by Gasteiger charge is 2.64. The van der Waals surface area contributed by atoms with Crippen LogP contribution in [-0.4, -0.2) is 33.5 Å². The molecule has 2 amide bonds. The summed E-state index contributed by atoms with van der Waals surface area (Å²) in [7, 11) is 0. The number of halogens is 3. The van der Waals surface area contributed by atoms with Gasteiger partial charge in [0.1, 0.15) is 6.04 Å². The zero-order valence-corrected chi connectivity index (χ0v) is 19.9. The number of Topliss-reactive ketones (excluding diaryl/α,β-unsaturated/α-hetero) is 1. The van der Waals surface area contributed by atoms with Gasteiger partial charge in [-0.05, 0) is 47.5 Å². The van der Waals surface area contributed by atoms with Gasteiger partial charge in [-0.2, -0.15) is 13.2 Å². The van der Waals surface area contributed by atoms with Crippen LogP contribution >= 0.6 is 0 Å². The second-order valence-corrected chi connectivity index (χ2v) is 9.56. The number of hydrogen-bond donors (Lipinski definition) is 0. The Morgan fingerprint density at radius 3 is 2.28 bits per heavy atom. The molecular formula is C28H18F3N3O5. The standard InChI is InChI=1S/C28H18F3N3O5/c29-28(30,31)17-5-3-6-19(14-17)33-26(36)21-22(27(33)37)24(25(35)16-8-10-18(11-9-16)34(38)39)32-13-12-15-4-1-2-7-20(15)23(21)32/h1-14,21-24H/t21-,22+,23-,24-/m0/s1. The Bertz CT molecular complexity index is 1580. The van der Waals surface area contributed by atoms with E-state index in [1.165, 1.54) is 30.3 Å². The minimum atomic E-state index is -4.68. The monoisotopic (exact) mass is 533 g/mol. The van der Waals surface area contributed by atoms with Gasteiger partial charge in [-0.15, -0.1) is 0 Å². The lowest BCUT2D eigenvalue weighted by molar-refractivity contribution is -0.384. The summed E-state index contributed by atoms with van der Waals surface area (Å²) in [5, 5.41) is 11.1. The first-order valence-electron chi connectivity index (χ1n) is 12.0. The Morgan fingerprint density at radius 2 is 1.59 bits per heavy atom. The maximum atomic E-state index is 13.8. The van der Waals surface area contributed by atoms with E-state index in [2.05, 4.69) is 0 Å². The number of imide groups is 1. The number of nitro groups is 1. The molecule has 2 fully saturated rings. The molecule has 0 N–H and O–H groups in total. The highest BCUT2D eigenvalue weighted by molar-refractivity contribution is 6.24. The van der Waals surface area contributed by atoms with Crippen LogP contribution in [0.15, 0.2) is 79.0 Å². The van der Waals surface area contributed by atoms with Gasteiger partial charge < -0.3 is 4.90 Å². The number of hydrogen-bond acceptors (Lipinski definition) is 6. The van der Waals surface area contributed by atoms with Gasteiger partial charge >= 0.3 is 6.18 Å². The molecule has 3 heterocycles. The molecule has 3 aliphatic heterocycles. The van der Waals surface area contributed by atoms with E-state index in [1.54, 1.807) is 35.4 Å². The fourth-order valence-electron chi connectivity index (χ4n) is 5.85. The van der Waals surface area contributed by atoms with E-state index in [0.29, 0.717) is 5.56 Å². The number of ketones is 1. The number of fused-ring (bicyclic) bond motifs is 5. The number of alkyl halides is 3. The third kappa shape index (κ3) is 3.72. The summed E-state index contributed by atoms with van der Waals surface area (Å²) < 4.78 is 40.2. The summed E-state index contributed by atoms with van der Waals surface area (Å²) in [5.41, 5.74) is 0.156. The number of anilines is 1. The molecule has 0 unspecified atom stereocenters. The van der Waals surface area contributed by atoms with Crippen molar-refractivity contribution >= 4 is 35.0 Å². The molecule has 39 heavy (non-hydrogen) atoms. The molecule has 0 aromatic heterocycles. The van der Waals surface area contributed by atoms with Crippen molar-refractivity contribution in [3.8, 4) is 0 Å².